The molecule has 11 rings (SSSR count). The van der Waals surface area contributed by atoms with Gasteiger partial charge in [0.05, 0.1) is 62.4 Å². The fourth-order valence-electron chi connectivity index (χ4n) is 8.20. The summed E-state index contributed by atoms with van der Waals surface area (Å²) in [6.07, 6.45) is 14.4. The van der Waals surface area contributed by atoms with Gasteiger partial charge in [0.15, 0.2) is 0 Å². The minimum atomic E-state index is -0.733. The van der Waals surface area contributed by atoms with Crippen LogP contribution in [0.2, 0.25) is 10.0 Å². The van der Waals surface area contributed by atoms with Crippen LogP contribution in [-0.2, 0) is 40.0 Å². The molecule has 1 fully saturated rings. The standard InChI is InChI=1S/C22H21ClN6O2S.C18H14ClN5O2S/c23-16-11-29-14(3-4-26-29)10-17(16)27-20-19-15-2-1-13(22(30)28-5-7-31-8-6-28)9-18(15)32-21(19)25-12-24-20;19-12-7-24-10(3-4-22-24)6-13(12)23-16-15-11-2-1-9(18(25)26)5-14(11)27-17(15)21-8-20-16/h3-4,10-13H,1-2,5-9H2,(H,24,25,27);3-4,6-9H,1-2,5H2,(H,25,26)(H,20,21,23)/t13-;9-/m00/s1. The highest BCUT2D eigenvalue weighted by atomic mass is 35.5. The predicted molar refractivity (Wildman–Crippen MR) is 228 cm³/mol. The van der Waals surface area contributed by atoms with Gasteiger partial charge in [0.2, 0.25) is 5.91 Å². The second-order valence-electron chi connectivity index (χ2n) is 14.7. The first kappa shape index (κ1) is 37.8. The second kappa shape index (κ2) is 15.6. The molecule has 8 aromatic rings. The fraction of sp³-hybridized carbons (Fsp3) is 0.300. The molecule has 2 atom stereocenters. The number of nitrogens with zero attached hydrogens (tertiary/aromatic N) is 9. The molecule has 59 heavy (non-hydrogen) atoms. The monoisotopic (exact) mass is 867 g/mol. The van der Waals surface area contributed by atoms with E-state index in [4.69, 9.17) is 27.9 Å². The number of thiophene rings is 2. The van der Waals surface area contributed by atoms with Gasteiger partial charge in [0.1, 0.15) is 34.0 Å². The third-order valence-corrected chi connectivity index (χ3v) is 14.1. The largest absolute Gasteiger partial charge is 0.481 e. The molecule has 1 aliphatic heterocycles. The van der Waals surface area contributed by atoms with E-state index in [1.807, 2.05) is 29.2 Å². The summed E-state index contributed by atoms with van der Waals surface area (Å²) < 4.78 is 8.84. The van der Waals surface area contributed by atoms with Crippen molar-refractivity contribution in [1.82, 2.24) is 44.1 Å². The second-order valence-corrected chi connectivity index (χ2v) is 17.7. The molecule has 2 aliphatic carbocycles. The molecular formula is C40H35Cl2N11O4S2. The highest BCUT2D eigenvalue weighted by molar-refractivity contribution is 7.19. The average molecular weight is 869 g/mol. The zero-order valence-corrected chi connectivity index (χ0v) is 34.4. The smallest absolute Gasteiger partial charge is 0.306 e. The SMILES string of the molecule is O=C(O)[C@H]1CCc2c(sc3ncnc(Nc4cc5ccnn5cc4Cl)c23)C1.O=C([C@H]1CCc2c(sc3ncnc(Nc4cc5ccnn5cc4Cl)c23)C1)N1CCOCC1. The number of nitrogens with one attached hydrogen (secondary N) is 2. The van der Waals surface area contributed by atoms with E-state index in [-0.39, 0.29) is 17.7 Å². The Morgan fingerprint density at radius 1 is 0.746 bits per heavy atom. The molecule has 19 heteroatoms. The van der Waals surface area contributed by atoms with Crippen LogP contribution >= 0.6 is 45.9 Å². The number of pyridine rings is 2. The maximum atomic E-state index is 13.0. The van der Waals surface area contributed by atoms with Gasteiger partial charge in [0, 0.05) is 53.5 Å². The minimum absolute atomic E-state index is 0.0248. The lowest BCUT2D eigenvalue weighted by atomic mass is 9.86. The summed E-state index contributed by atoms with van der Waals surface area (Å²) in [7, 11) is 0. The van der Waals surface area contributed by atoms with Crippen molar-refractivity contribution in [3.05, 3.63) is 92.6 Å². The minimum Gasteiger partial charge on any atom is -0.481 e. The topological polar surface area (TPSA) is 177 Å². The molecule has 1 amide bonds. The molecule has 0 unspecified atom stereocenters. The Labute approximate surface area is 354 Å². The lowest BCUT2D eigenvalue weighted by Crippen LogP contribution is -2.44. The molecule has 3 N–H and O–H groups in total. The summed E-state index contributed by atoms with van der Waals surface area (Å²) in [6, 6.07) is 7.70. The van der Waals surface area contributed by atoms with Crippen LogP contribution < -0.4 is 10.6 Å². The molecule has 3 aliphatic rings. The molecule has 0 saturated carbocycles. The number of amides is 1. The lowest BCUT2D eigenvalue weighted by Gasteiger charge is -2.31. The predicted octanol–water partition coefficient (Wildman–Crippen LogP) is 7.63. The Bertz CT molecular complexity index is 2920. The van der Waals surface area contributed by atoms with Crippen molar-refractivity contribution in [3.8, 4) is 0 Å². The van der Waals surface area contributed by atoms with Gasteiger partial charge in [-0.1, -0.05) is 23.2 Å². The van der Waals surface area contributed by atoms with E-state index < -0.39 is 5.97 Å². The number of carboxylic acid groups (broad SMARTS) is 1. The Morgan fingerprint density at radius 3 is 1.78 bits per heavy atom. The number of fused-ring (bicyclic) bond motifs is 8. The molecule has 300 valence electrons. The number of halogens is 2. The van der Waals surface area contributed by atoms with Crippen molar-refractivity contribution in [3.63, 3.8) is 0 Å². The van der Waals surface area contributed by atoms with Crippen LogP contribution in [0.4, 0.5) is 23.0 Å². The van der Waals surface area contributed by atoms with Crippen molar-refractivity contribution >= 4 is 112 Å². The van der Waals surface area contributed by atoms with E-state index in [1.165, 1.54) is 16.8 Å². The first-order chi connectivity index (χ1) is 28.8. The highest BCUT2D eigenvalue weighted by Gasteiger charge is 2.33. The van der Waals surface area contributed by atoms with Crippen molar-refractivity contribution in [2.24, 2.45) is 11.8 Å². The van der Waals surface area contributed by atoms with E-state index in [9.17, 15) is 14.7 Å². The normalized spacial score (nSPS) is 17.8. The molecule has 0 radical (unpaired) electrons. The van der Waals surface area contributed by atoms with Crippen LogP contribution in [0.25, 0.3) is 31.5 Å². The number of anilines is 4. The summed E-state index contributed by atoms with van der Waals surface area (Å²) >= 11 is 16.1. The number of carbonyl (C=O) groups is 2. The molecule has 15 nitrogen and oxygen atoms in total. The Kier molecular flexibility index (Phi) is 10.0. The van der Waals surface area contributed by atoms with Crippen LogP contribution in [0, 0.1) is 11.8 Å². The quantitative estimate of drug-likeness (QED) is 0.149. The molecule has 8 aromatic heterocycles. The summed E-state index contributed by atoms with van der Waals surface area (Å²) in [5, 5.41) is 27.6. The van der Waals surface area contributed by atoms with Crippen molar-refractivity contribution < 1.29 is 19.4 Å². The maximum Gasteiger partial charge on any atom is 0.306 e. The number of aryl methyl sites for hydroxylation is 2. The van der Waals surface area contributed by atoms with Crippen LogP contribution in [0.1, 0.15) is 33.7 Å². The number of hydrogen-bond acceptors (Lipinski definition) is 13. The van der Waals surface area contributed by atoms with Gasteiger partial charge in [0.25, 0.3) is 0 Å². The van der Waals surface area contributed by atoms with Crippen LogP contribution in [0.5, 0.6) is 0 Å². The summed E-state index contributed by atoms with van der Waals surface area (Å²) in [5.41, 5.74) is 5.78. The first-order valence-electron chi connectivity index (χ1n) is 19.2. The summed E-state index contributed by atoms with van der Waals surface area (Å²) in [6.45, 7) is 2.64. The van der Waals surface area contributed by atoms with Crippen molar-refractivity contribution in [1.29, 1.82) is 0 Å². The van der Waals surface area contributed by atoms with Gasteiger partial charge in [-0.2, -0.15) is 10.2 Å². The van der Waals surface area contributed by atoms with Gasteiger partial charge in [-0.15, -0.1) is 22.7 Å². The molecule has 0 spiro atoms. The number of morpholine rings is 1. The molecule has 1 saturated heterocycles. The zero-order valence-electron chi connectivity index (χ0n) is 31.3. The van der Waals surface area contributed by atoms with Gasteiger partial charge < -0.3 is 25.4 Å². The molecular weight excluding hydrogens is 834 g/mol. The van der Waals surface area contributed by atoms with E-state index in [2.05, 4.69) is 40.8 Å². The van der Waals surface area contributed by atoms with Crippen molar-refractivity contribution in [2.75, 3.05) is 36.9 Å². The third-order valence-electron chi connectivity index (χ3n) is 11.2. The van der Waals surface area contributed by atoms with Gasteiger partial charge in [-0.05, 0) is 73.9 Å². The number of aliphatic carboxylic acids is 1. The van der Waals surface area contributed by atoms with E-state index >= 15 is 0 Å². The number of hydrogen-bond donors (Lipinski definition) is 3. The summed E-state index contributed by atoms with van der Waals surface area (Å²) in [5.74, 6) is 0.656. The lowest BCUT2D eigenvalue weighted by molar-refractivity contribution is -0.142. The third kappa shape index (κ3) is 7.20. The van der Waals surface area contributed by atoms with Gasteiger partial charge in [-0.25, -0.2) is 29.0 Å². The van der Waals surface area contributed by atoms with Gasteiger partial charge >= 0.3 is 5.97 Å². The van der Waals surface area contributed by atoms with Crippen LogP contribution in [-0.4, -0.2) is 87.4 Å². The number of ether oxygens (including phenoxy) is 1. The number of aromatic nitrogens is 8. The average Bonchev–Trinajstić information content (AvgIpc) is 4.06. The zero-order chi connectivity index (χ0) is 40.2. The van der Waals surface area contributed by atoms with E-state index in [1.54, 1.807) is 62.8 Å². The van der Waals surface area contributed by atoms with Gasteiger partial charge in [-0.3, -0.25) is 9.59 Å². The van der Waals surface area contributed by atoms with E-state index in [0.717, 1.165) is 78.4 Å². The Balaban J connectivity index is 0.000000145. The molecule has 0 aromatic carbocycles. The van der Waals surface area contributed by atoms with Crippen LogP contribution in [0.3, 0.4) is 0 Å². The maximum absolute atomic E-state index is 13.0. The fourth-order valence-corrected chi connectivity index (χ4v) is 11.1. The Hall–Kier alpha value is -5.46. The number of carboxylic acids is 1. The molecule has 0 bridgehead atoms. The number of rotatable bonds is 6. The van der Waals surface area contributed by atoms with Crippen LogP contribution in [0.15, 0.2) is 61.7 Å². The Morgan fingerprint density at radius 2 is 1.25 bits per heavy atom. The summed E-state index contributed by atoms with van der Waals surface area (Å²) in [4.78, 5) is 48.3. The highest BCUT2D eigenvalue weighted by Crippen LogP contribution is 2.43. The van der Waals surface area contributed by atoms with E-state index in [0.29, 0.717) is 61.4 Å². The first-order valence-corrected chi connectivity index (χ1v) is 21.6. The number of carbonyl (C=O) groups excluding carboxylic acids is 1. The van der Waals surface area contributed by atoms with Crippen molar-refractivity contribution in [2.45, 2.75) is 38.5 Å². The molecule has 9 heterocycles.